The van der Waals surface area contributed by atoms with Gasteiger partial charge in [0.05, 0.1) is 39.3 Å². The zero-order chi connectivity index (χ0) is 40.3. The van der Waals surface area contributed by atoms with Crippen molar-refractivity contribution in [2.45, 2.75) is 13.8 Å². The maximum atomic E-state index is 6.71. The third kappa shape index (κ3) is 4.83. The fourth-order valence-electron chi connectivity index (χ4n) is 9.93. The summed E-state index contributed by atoms with van der Waals surface area (Å²) < 4.78 is 15.9. The number of anilines is 6. The number of aromatic nitrogens is 1. The smallest absolute Gasteiger partial charge is 0.159 e. The van der Waals surface area contributed by atoms with Crippen LogP contribution >= 0.6 is 0 Å². The molecule has 13 rings (SSSR count). The first-order valence-corrected chi connectivity index (χ1v) is 20.8. The van der Waals surface area contributed by atoms with E-state index in [-0.39, 0.29) is 0 Å². The minimum Gasteiger partial charge on any atom is -0.454 e. The Hall–Kier alpha value is -8.02. The monoisotopic (exact) mass is 783 g/mol. The van der Waals surface area contributed by atoms with Crippen molar-refractivity contribution >= 4 is 116 Å². The Kier molecular flexibility index (Phi) is 7.08. The Morgan fingerprint density at radius 1 is 0.344 bits per heavy atom. The molecule has 0 N–H and O–H groups in total. The molecule has 61 heavy (non-hydrogen) atoms. The molecule has 0 atom stereocenters. The Bertz CT molecular complexity index is 3600. The zero-order valence-corrected chi connectivity index (χ0v) is 33.6. The Morgan fingerprint density at radius 3 is 1.20 bits per heavy atom. The van der Waals surface area contributed by atoms with E-state index >= 15 is 0 Å². The molecule has 0 saturated carbocycles. The standard InChI is InChI=1S/C56H37N3O2/c1-34-26-30-36(31-27-34)57(48-22-8-14-40-38-12-3-5-24-50(38)60-55(40)48)44-18-10-20-46-52(44)42-16-7-17-43-53-45(19-11-21-47(53)59(46)54(42)43)58(37-32-28-35(2)29-33-37)49-23-9-15-41-39-13-4-6-25-51(39)61-56(41)49/h3-33H,1-2H3. The highest BCUT2D eigenvalue weighted by molar-refractivity contribution is 6.29. The summed E-state index contributed by atoms with van der Waals surface area (Å²) in [5.74, 6) is 0. The SMILES string of the molecule is Cc1ccc(N(c2cccc3c2oc2ccccc23)c2cccc3c2c2cccc4c5c(N(c6ccc(C)cc6)c6cccc7c6oc6ccccc67)cccc5n3c24)cc1. The topological polar surface area (TPSA) is 37.2 Å². The molecule has 0 spiro atoms. The van der Waals surface area contributed by atoms with Crippen LogP contribution in [-0.4, -0.2) is 4.40 Å². The quantitative estimate of drug-likeness (QED) is 0.168. The van der Waals surface area contributed by atoms with Gasteiger partial charge in [0.15, 0.2) is 11.2 Å². The van der Waals surface area contributed by atoms with E-state index in [4.69, 9.17) is 8.83 Å². The number of hydrogen-bond donors (Lipinski definition) is 0. The van der Waals surface area contributed by atoms with Crippen LogP contribution in [0.25, 0.3) is 82.0 Å². The van der Waals surface area contributed by atoms with Gasteiger partial charge in [-0.2, -0.15) is 0 Å². The van der Waals surface area contributed by atoms with Gasteiger partial charge < -0.3 is 23.0 Å². The minimum absolute atomic E-state index is 0.864. The molecule has 0 saturated heterocycles. The van der Waals surface area contributed by atoms with Crippen molar-refractivity contribution in [2.24, 2.45) is 0 Å². The van der Waals surface area contributed by atoms with E-state index in [0.29, 0.717) is 0 Å². The molecule has 4 heterocycles. The van der Waals surface area contributed by atoms with Gasteiger partial charge >= 0.3 is 0 Å². The van der Waals surface area contributed by atoms with E-state index in [0.717, 1.165) is 89.0 Å². The number of fused-ring (bicyclic) bond motifs is 12. The first kappa shape index (κ1) is 33.9. The number of aryl methyl sites for hydroxylation is 2. The number of para-hydroxylation sites is 5. The molecule has 0 aliphatic heterocycles. The molecule has 0 fully saturated rings. The summed E-state index contributed by atoms with van der Waals surface area (Å²) >= 11 is 0. The van der Waals surface area contributed by atoms with Crippen LogP contribution in [0.3, 0.4) is 0 Å². The predicted molar refractivity (Wildman–Crippen MR) is 254 cm³/mol. The third-order valence-corrected chi connectivity index (χ3v) is 12.6. The molecule has 0 radical (unpaired) electrons. The molecule has 0 bridgehead atoms. The summed E-state index contributed by atoms with van der Waals surface area (Å²) in [7, 11) is 0. The van der Waals surface area contributed by atoms with Crippen LogP contribution in [0.4, 0.5) is 34.1 Å². The Morgan fingerprint density at radius 2 is 0.721 bits per heavy atom. The molecule has 288 valence electrons. The maximum Gasteiger partial charge on any atom is 0.159 e. The highest BCUT2D eigenvalue weighted by Crippen LogP contribution is 2.51. The molecule has 4 aromatic heterocycles. The normalized spacial score (nSPS) is 12.1. The second kappa shape index (κ2) is 12.7. The van der Waals surface area contributed by atoms with Gasteiger partial charge in [0.25, 0.3) is 0 Å². The van der Waals surface area contributed by atoms with Gasteiger partial charge in [-0.3, -0.25) is 0 Å². The van der Waals surface area contributed by atoms with Gasteiger partial charge in [0.1, 0.15) is 11.2 Å². The van der Waals surface area contributed by atoms with Crippen LogP contribution in [0.5, 0.6) is 0 Å². The third-order valence-electron chi connectivity index (χ3n) is 12.6. The van der Waals surface area contributed by atoms with Crippen molar-refractivity contribution in [3.63, 3.8) is 0 Å². The predicted octanol–water partition coefficient (Wildman–Crippen LogP) is 16.2. The Labute approximate surface area is 350 Å². The lowest BCUT2D eigenvalue weighted by atomic mass is 10.0. The van der Waals surface area contributed by atoms with E-state index in [9.17, 15) is 0 Å². The van der Waals surface area contributed by atoms with E-state index < -0.39 is 0 Å². The molecule has 5 nitrogen and oxygen atoms in total. The second-order valence-corrected chi connectivity index (χ2v) is 16.2. The summed E-state index contributed by atoms with van der Waals surface area (Å²) in [5.41, 5.74) is 15.7. The maximum absolute atomic E-state index is 6.71. The van der Waals surface area contributed by atoms with Crippen molar-refractivity contribution in [3.8, 4) is 0 Å². The largest absolute Gasteiger partial charge is 0.454 e. The summed E-state index contributed by atoms with van der Waals surface area (Å²) in [6.45, 7) is 4.28. The van der Waals surface area contributed by atoms with E-state index in [1.165, 1.54) is 38.2 Å². The van der Waals surface area contributed by atoms with Crippen molar-refractivity contribution in [1.29, 1.82) is 0 Å². The highest BCUT2D eigenvalue weighted by Gasteiger charge is 2.28. The van der Waals surface area contributed by atoms with Crippen molar-refractivity contribution in [3.05, 3.63) is 199 Å². The summed E-state index contributed by atoms with van der Waals surface area (Å²) in [6, 6.07) is 67.5. The fourth-order valence-corrected chi connectivity index (χ4v) is 9.93. The van der Waals surface area contributed by atoms with E-state index in [1.54, 1.807) is 0 Å². The van der Waals surface area contributed by atoms with Gasteiger partial charge in [0, 0.05) is 54.5 Å². The Balaban J connectivity index is 1.10. The van der Waals surface area contributed by atoms with Gasteiger partial charge in [-0.15, -0.1) is 0 Å². The lowest BCUT2D eigenvalue weighted by Crippen LogP contribution is -2.11. The average Bonchev–Trinajstić information content (AvgIpc) is 4.06. The summed E-state index contributed by atoms with van der Waals surface area (Å²) in [4.78, 5) is 4.77. The molecule has 0 amide bonds. The van der Waals surface area contributed by atoms with Crippen LogP contribution in [-0.2, 0) is 0 Å². The molecule has 0 aliphatic carbocycles. The lowest BCUT2D eigenvalue weighted by Gasteiger charge is -2.27. The van der Waals surface area contributed by atoms with Gasteiger partial charge in [-0.05, 0) is 86.6 Å². The number of furan rings is 2. The highest BCUT2D eigenvalue weighted by atomic mass is 16.3. The number of hydrogen-bond acceptors (Lipinski definition) is 4. The number of benzene rings is 9. The molecular formula is C56H37N3O2. The molecule has 0 aliphatic rings. The summed E-state index contributed by atoms with van der Waals surface area (Å²) in [6.07, 6.45) is 0. The lowest BCUT2D eigenvalue weighted by molar-refractivity contribution is 0.669. The van der Waals surface area contributed by atoms with Gasteiger partial charge in [-0.1, -0.05) is 126 Å². The first-order valence-electron chi connectivity index (χ1n) is 20.8. The van der Waals surface area contributed by atoms with E-state index in [2.05, 4.69) is 204 Å². The number of rotatable bonds is 6. The second-order valence-electron chi connectivity index (χ2n) is 16.2. The van der Waals surface area contributed by atoms with Crippen LogP contribution in [0.1, 0.15) is 11.1 Å². The van der Waals surface area contributed by atoms with Crippen molar-refractivity contribution in [2.75, 3.05) is 9.80 Å². The fraction of sp³-hybridized carbons (Fsp3) is 0.0357. The van der Waals surface area contributed by atoms with Gasteiger partial charge in [-0.25, -0.2) is 0 Å². The summed E-state index contributed by atoms with van der Waals surface area (Å²) in [5, 5.41) is 9.18. The molecule has 9 aromatic carbocycles. The van der Waals surface area contributed by atoms with Crippen LogP contribution < -0.4 is 9.80 Å². The minimum atomic E-state index is 0.864. The van der Waals surface area contributed by atoms with Crippen LogP contribution in [0.2, 0.25) is 0 Å². The van der Waals surface area contributed by atoms with Crippen molar-refractivity contribution < 1.29 is 8.83 Å². The van der Waals surface area contributed by atoms with Gasteiger partial charge in [0.2, 0.25) is 0 Å². The first-order chi connectivity index (χ1) is 30.1. The molecule has 5 heteroatoms. The molecular weight excluding hydrogens is 747 g/mol. The zero-order valence-electron chi connectivity index (χ0n) is 33.6. The van der Waals surface area contributed by atoms with E-state index in [1.807, 2.05) is 12.1 Å². The average molecular weight is 784 g/mol. The van der Waals surface area contributed by atoms with Crippen molar-refractivity contribution in [1.82, 2.24) is 4.40 Å². The molecule has 0 unspecified atom stereocenters. The number of nitrogens with zero attached hydrogens (tertiary/aromatic N) is 3. The van der Waals surface area contributed by atoms with Crippen LogP contribution in [0, 0.1) is 13.8 Å². The molecule has 13 aromatic rings. The van der Waals surface area contributed by atoms with Crippen LogP contribution in [0.15, 0.2) is 197 Å².